The molecule has 0 saturated heterocycles. The number of hydrogen-bond acceptors (Lipinski definition) is 6. The van der Waals surface area contributed by atoms with E-state index in [4.69, 9.17) is 5.14 Å². The Hall–Kier alpha value is -2.38. The number of nitrogens with zero attached hydrogens (tertiary/aromatic N) is 2. The molecule has 3 rings (SSSR count). The van der Waals surface area contributed by atoms with E-state index >= 15 is 0 Å². The maximum absolute atomic E-state index is 14.1. The molecule has 0 saturated carbocycles. The van der Waals surface area contributed by atoms with E-state index in [0.29, 0.717) is 17.1 Å². The second-order valence-corrected chi connectivity index (χ2v) is 7.86. The number of benzene rings is 1. The quantitative estimate of drug-likeness (QED) is 0.645. The summed E-state index contributed by atoms with van der Waals surface area (Å²) < 4.78 is 95.0. The normalized spacial score (nSPS) is 12.6. The van der Waals surface area contributed by atoms with E-state index in [1.807, 2.05) is 0 Å². The lowest BCUT2D eigenvalue weighted by molar-refractivity contribution is -0.154. The summed E-state index contributed by atoms with van der Waals surface area (Å²) in [4.78, 5) is 2.53. The molecule has 0 aliphatic carbocycles. The van der Waals surface area contributed by atoms with E-state index in [2.05, 4.69) is 14.7 Å². The van der Waals surface area contributed by atoms with Crippen molar-refractivity contribution >= 4 is 21.4 Å². The number of thiazole rings is 1. The predicted molar refractivity (Wildman–Crippen MR) is 84.1 cm³/mol. The van der Waals surface area contributed by atoms with Crippen molar-refractivity contribution in [1.82, 2.24) is 10.1 Å². The molecule has 0 radical (unpaired) electrons. The van der Waals surface area contributed by atoms with Crippen molar-refractivity contribution in [3.63, 3.8) is 0 Å². The van der Waals surface area contributed by atoms with Gasteiger partial charge in [0.1, 0.15) is 23.0 Å². The van der Waals surface area contributed by atoms with Gasteiger partial charge in [-0.25, -0.2) is 27.3 Å². The van der Waals surface area contributed by atoms with Gasteiger partial charge in [0, 0.05) is 5.38 Å². The van der Waals surface area contributed by atoms with Crippen molar-refractivity contribution in [2.75, 3.05) is 0 Å². The minimum atomic E-state index is -5.03. The third-order valence-corrected chi connectivity index (χ3v) is 5.12. The molecule has 0 bridgehead atoms. The van der Waals surface area contributed by atoms with E-state index in [-0.39, 0.29) is 5.69 Å². The Morgan fingerprint density at radius 3 is 2.22 bits per heavy atom. The Morgan fingerprint density at radius 1 is 1.19 bits per heavy atom. The highest BCUT2D eigenvalue weighted by Crippen LogP contribution is 2.43. The van der Waals surface area contributed by atoms with E-state index in [0.717, 1.165) is 11.3 Å². The number of aromatic nitrogens is 2. The molecule has 0 atom stereocenters. The van der Waals surface area contributed by atoms with Gasteiger partial charge in [-0.1, -0.05) is 5.16 Å². The summed E-state index contributed by atoms with van der Waals surface area (Å²) >= 11 is 1.11. The molecule has 0 aliphatic heterocycles. The molecule has 1 aromatic carbocycles. The lowest BCUT2D eigenvalue weighted by Gasteiger charge is -2.09. The van der Waals surface area contributed by atoms with Crippen LogP contribution in [0.25, 0.3) is 22.5 Å². The SMILES string of the molecule is Cc1nc(-c2noc(C(F)(F)F)c2-c2cc(F)c(S(N)(=O)=O)c(F)c2)cs1. The Bertz CT molecular complexity index is 1110. The van der Waals surface area contributed by atoms with Crippen molar-refractivity contribution in [2.45, 2.75) is 18.0 Å². The molecular weight excluding hydrogens is 417 g/mol. The van der Waals surface area contributed by atoms with E-state index in [1.165, 1.54) is 5.38 Å². The van der Waals surface area contributed by atoms with Gasteiger partial charge < -0.3 is 4.52 Å². The number of halogens is 5. The van der Waals surface area contributed by atoms with Gasteiger partial charge in [-0.05, 0) is 24.6 Å². The number of primary sulfonamides is 1. The van der Waals surface area contributed by atoms with Crippen molar-refractivity contribution in [3.05, 3.63) is 39.9 Å². The minimum absolute atomic E-state index is 0.00286. The Balaban J connectivity index is 2.32. The van der Waals surface area contributed by atoms with Crippen LogP contribution in [0.3, 0.4) is 0 Å². The number of sulfonamides is 1. The summed E-state index contributed by atoms with van der Waals surface area (Å²) in [5, 5.41) is 9.96. The third-order valence-electron chi connectivity index (χ3n) is 3.38. The van der Waals surface area contributed by atoms with Crippen LogP contribution in [0.1, 0.15) is 10.8 Å². The van der Waals surface area contributed by atoms with Crippen LogP contribution in [-0.4, -0.2) is 18.6 Å². The van der Waals surface area contributed by atoms with Gasteiger partial charge in [-0.3, -0.25) is 0 Å². The second-order valence-electron chi connectivity index (χ2n) is 5.30. The zero-order valence-electron chi connectivity index (χ0n) is 13.1. The summed E-state index contributed by atoms with van der Waals surface area (Å²) in [5.74, 6) is -4.91. The fourth-order valence-corrected chi connectivity index (χ4v) is 3.63. The zero-order valence-corrected chi connectivity index (χ0v) is 14.8. The first kappa shape index (κ1) is 19.4. The van der Waals surface area contributed by atoms with Crippen molar-refractivity contribution in [3.8, 4) is 22.5 Å². The van der Waals surface area contributed by atoms with E-state index in [1.54, 1.807) is 6.92 Å². The van der Waals surface area contributed by atoms with Gasteiger partial charge in [0.2, 0.25) is 15.8 Å². The molecule has 0 aliphatic rings. The smallest absolute Gasteiger partial charge is 0.350 e. The van der Waals surface area contributed by atoms with Gasteiger partial charge in [0.05, 0.1) is 10.6 Å². The molecule has 0 fully saturated rings. The Labute approximate surface area is 152 Å². The van der Waals surface area contributed by atoms with Gasteiger partial charge in [-0.2, -0.15) is 13.2 Å². The first-order chi connectivity index (χ1) is 12.4. The average molecular weight is 425 g/mol. The maximum atomic E-state index is 14.1. The van der Waals surface area contributed by atoms with Gasteiger partial charge in [-0.15, -0.1) is 11.3 Å². The lowest BCUT2D eigenvalue weighted by atomic mass is 10.0. The van der Waals surface area contributed by atoms with Gasteiger partial charge in [0.25, 0.3) is 0 Å². The van der Waals surface area contributed by atoms with Crippen LogP contribution >= 0.6 is 11.3 Å². The lowest BCUT2D eigenvalue weighted by Crippen LogP contribution is -2.16. The predicted octanol–water partition coefficient (Wildman–Crippen LogP) is 3.72. The molecule has 3 aromatic rings. The van der Waals surface area contributed by atoms with Crippen LogP contribution in [0, 0.1) is 18.6 Å². The fourth-order valence-electron chi connectivity index (χ4n) is 2.37. The first-order valence-electron chi connectivity index (χ1n) is 6.91. The van der Waals surface area contributed by atoms with Gasteiger partial charge in [0.15, 0.2) is 4.90 Å². The van der Waals surface area contributed by atoms with E-state index < -0.39 is 55.3 Å². The van der Waals surface area contributed by atoms with Crippen LogP contribution in [-0.2, 0) is 16.2 Å². The number of rotatable bonds is 3. The Kier molecular flexibility index (Phi) is 4.56. The standard InChI is InChI=1S/C14H8F5N3O3S2/c1-5-21-9(4-26-5)11-10(13(25-22-11)14(17,18)19)6-2-7(15)12(8(16)3-6)27(20,23)24/h2-4H,1H3,(H2,20,23,24). The van der Waals surface area contributed by atoms with Crippen molar-refractivity contribution in [1.29, 1.82) is 0 Å². The topological polar surface area (TPSA) is 99.1 Å². The summed E-state index contributed by atoms with van der Waals surface area (Å²) in [6, 6.07) is 0.820. The molecule has 6 nitrogen and oxygen atoms in total. The molecule has 0 unspecified atom stereocenters. The molecule has 2 N–H and O–H groups in total. The number of nitrogens with two attached hydrogens (primary N) is 1. The number of hydrogen-bond donors (Lipinski definition) is 1. The highest BCUT2D eigenvalue weighted by molar-refractivity contribution is 7.89. The summed E-state index contributed by atoms with van der Waals surface area (Å²) in [6.07, 6.45) is -5.03. The van der Waals surface area contributed by atoms with Crippen LogP contribution in [0.5, 0.6) is 0 Å². The minimum Gasteiger partial charge on any atom is -0.350 e. The van der Waals surface area contributed by atoms with Gasteiger partial charge >= 0.3 is 6.18 Å². The van der Waals surface area contributed by atoms with Crippen LogP contribution in [0.4, 0.5) is 22.0 Å². The molecule has 27 heavy (non-hydrogen) atoms. The third kappa shape index (κ3) is 3.57. The zero-order chi connectivity index (χ0) is 20.1. The summed E-state index contributed by atoms with van der Waals surface area (Å²) in [5.41, 5.74) is -1.80. The first-order valence-corrected chi connectivity index (χ1v) is 9.33. The Morgan fingerprint density at radius 2 is 1.78 bits per heavy atom. The molecule has 0 amide bonds. The number of alkyl halides is 3. The average Bonchev–Trinajstić information content (AvgIpc) is 3.09. The molecule has 2 heterocycles. The van der Waals surface area contributed by atoms with Crippen LogP contribution in [0.2, 0.25) is 0 Å². The molecule has 2 aromatic heterocycles. The second kappa shape index (κ2) is 6.35. The summed E-state index contributed by atoms with van der Waals surface area (Å²) in [6.45, 7) is 1.60. The highest BCUT2D eigenvalue weighted by Gasteiger charge is 2.42. The van der Waals surface area contributed by atoms with Crippen molar-refractivity contribution < 1.29 is 34.9 Å². The van der Waals surface area contributed by atoms with Crippen molar-refractivity contribution in [2.24, 2.45) is 5.14 Å². The highest BCUT2D eigenvalue weighted by atomic mass is 32.2. The fraction of sp³-hybridized carbons (Fsp3) is 0.143. The molecule has 0 spiro atoms. The van der Waals surface area contributed by atoms with Crippen LogP contribution in [0.15, 0.2) is 26.9 Å². The monoisotopic (exact) mass is 425 g/mol. The maximum Gasteiger partial charge on any atom is 0.453 e. The van der Waals surface area contributed by atoms with E-state index in [9.17, 15) is 30.4 Å². The molecule has 144 valence electrons. The molecular formula is C14H8F5N3O3S2. The largest absolute Gasteiger partial charge is 0.453 e. The number of aryl methyl sites for hydroxylation is 1. The molecule has 13 heteroatoms. The summed E-state index contributed by atoms with van der Waals surface area (Å²) in [7, 11) is -4.77. The van der Waals surface area contributed by atoms with Crippen LogP contribution < -0.4 is 5.14 Å².